The molecule has 0 bridgehead atoms. The van der Waals surface area contributed by atoms with E-state index in [4.69, 9.17) is 0 Å². The lowest BCUT2D eigenvalue weighted by Crippen LogP contribution is -2.39. The predicted molar refractivity (Wildman–Crippen MR) is 170 cm³/mol. The van der Waals surface area contributed by atoms with Crippen LogP contribution in [0.15, 0.2) is 95.6 Å². The molecule has 4 N–H and O–H groups in total. The Morgan fingerprint density at radius 2 is 1.65 bits per heavy atom. The smallest absolute Gasteiger partial charge is 0.238 e. The Kier molecular flexibility index (Phi) is 9.43. The molecule has 0 unspecified atom stereocenters. The van der Waals surface area contributed by atoms with E-state index in [0.717, 1.165) is 40.1 Å². The topological polar surface area (TPSA) is 110 Å². The van der Waals surface area contributed by atoms with Crippen LogP contribution in [0.3, 0.4) is 0 Å². The number of aromatic hydroxyl groups is 1. The second-order valence-corrected chi connectivity index (χ2v) is 11.6. The van der Waals surface area contributed by atoms with Gasteiger partial charge in [0.05, 0.1) is 30.2 Å². The van der Waals surface area contributed by atoms with Gasteiger partial charge < -0.3 is 20.6 Å². The van der Waals surface area contributed by atoms with Crippen LogP contribution in [-0.2, 0) is 9.59 Å². The third-order valence-corrected chi connectivity index (χ3v) is 8.60. The van der Waals surface area contributed by atoms with Gasteiger partial charge in [0.2, 0.25) is 11.8 Å². The van der Waals surface area contributed by atoms with Crippen LogP contribution < -0.4 is 10.2 Å². The van der Waals surface area contributed by atoms with Crippen molar-refractivity contribution in [3.05, 3.63) is 101 Å². The molecule has 7 heteroatoms. The zero-order chi connectivity index (χ0) is 30.5. The standard InChI is InChI=1S/C36H40N2O5/c1-3-7-25-21-30-34(31(22-39)33(25)32(41)19-10-23(2)20-24-11-17-29(40)18-12-24)36(43)38(35(30)42)28-15-13-27(14-16-28)37-26-8-5-4-6-9-26/h4-6,8-9,11-18,20,30-32,34,37,39-41H,3,7,10,19,21-22H2,1-2H3/b23-20+/t30-,31+,32-,34-/m1/s1. The summed E-state index contributed by atoms with van der Waals surface area (Å²) in [6, 6.07) is 23.9. The highest BCUT2D eigenvalue weighted by Gasteiger charge is 2.55. The van der Waals surface area contributed by atoms with E-state index in [1.54, 1.807) is 24.3 Å². The largest absolute Gasteiger partial charge is 0.508 e. The van der Waals surface area contributed by atoms with Gasteiger partial charge in [-0.3, -0.25) is 14.5 Å². The number of fused-ring (bicyclic) bond motifs is 1. The van der Waals surface area contributed by atoms with Crippen LogP contribution in [0.1, 0.15) is 51.5 Å². The SMILES string of the molecule is CCCC1=C([C@H](O)CC/C(C)=C/c2ccc(O)cc2)[C@H](CO)[C@@H]2C(=O)N(c3ccc(Nc4ccccc4)cc3)C(=O)[C@@H]2C1. The minimum Gasteiger partial charge on any atom is -0.508 e. The van der Waals surface area contributed by atoms with Crippen LogP contribution in [-0.4, -0.2) is 39.8 Å². The van der Waals surface area contributed by atoms with Crippen LogP contribution >= 0.6 is 0 Å². The number of amides is 2. The van der Waals surface area contributed by atoms with Gasteiger partial charge in [0.15, 0.2) is 0 Å². The number of hydrogen-bond donors (Lipinski definition) is 4. The van der Waals surface area contributed by atoms with Crippen molar-refractivity contribution in [2.75, 3.05) is 16.8 Å². The van der Waals surface area contributed by atoms with Gasteiger partial charge >= 0.3 is 0 Å². The Morgan fingerprint density at radius 3 is 2.30 bits per heavy atom. The van der Waals surface area contributed by atoms with Gasteiger partial charge in [-0.2, -0.15) is 0 Å². The van der Waals surface area contributed by atoms with Crippen molar-refractivity contribution in [3.63, 3.8) is 0 Å². The van der Waals surface area contributed by atoms with Crippen LogP contribution in [0.25, 0.3) is 6.08 Å². The van der Waals surface area contributed by atoms with E-state index in [9.17, 15) is 24.9 Å². The number of nitrogens with one attached hydrogen (secondary N) is 1. The number of aliphatic hydroxyl groups excluding tert-OH is 2. The number of nitrogens with zero attached hydrogens (tertiary/aromatic N) is 1. The number of imide groups is 1. The molecular formula is C36H40N2O5. The zero-order valence-electron chi connectivity index (χ0n) is 24.7. The Morgan fingerprint density at radius 1 is 0.977 bits per heavy atom. The van der Waals surface area contributed by atoms with Crippen LogP contribution in [0.5, 0.6) is 5.75 Å². The van der Waals surface area contributed by atoms with Crippen molar-refractivity contribution in [1.29, 1.82) is 0 Å². The van der Waals surface area contributed by atoms with Gasteiger partial charge in [0, 0.05) is 17.3 Å². The molecule has 0 radical (unpaired) electrons. The number of phenols is 1. The van der Waals surface area contributed by atoms with Gasteiger partial charge in [-0.15, -0.1) is 0 Å². The molecule has 7 nitrogen and oxygen atoms in total. The molecular weight excluding hydrogens is 540 g/mol. The molecule has 0 aromatic heterocycles. The first-order chi connectivity index (χ1) is 20.8. The summed E-state index contributed by atoms with van der Waals surface area (Å²) in [7, 11) is 0. The average molecular weight is 581 g/mol. The summed E-state index contributed by atoms with van der Waals surface area (Å²) in [5, 5.41) is 34.9. The van der Waals surface area contributed by atoms with Crippen molar-refractivity contribution in [3.8, 4) is 5.75 Å². The quantitative estimate of drug-likeness (QED) is 0.150. The average Bonchev–Trinajstić information content (AvgIpc) is 3.26. The lowest BCUT2D eigenvalue weighted by atomic mass is 9.67. The van der Waals surface area contributed by atoms with Gasteiger partial charge in [0.25, 0.3) is 0 Å². The Bertz CT molecular complexity index is 1490. The molecule has 1 aliphatic carbocycles. The number of benzene rings is 3. The number of phenolic OH excluding ortho intramolecular Hbond substituents is 1. The number of aliphatic hydroxyl groups is 2. The summed E-state index contributed by atoms with van der Waals surface area (Å²) in [4.78, 5) is 28.9. The summed E-state index contributed by atoms with van der Waals surface area (Å²) in [6.45, 7) is 3.75. The molecule has 2 amide bonds. The normalized spacial score (nSPS) is 21.3. The second-order valence-electron chi connectivity index (χ2n) is 11.6. The lowest BCUT2D eigenvalue weighted by Gasteiger charge is -2.36. The molecule has 3 aromatic rings. The molecule has 2 aliphatic rings. The summed E-state index contributed by atoms with van der Waals surface area (Å²) >= 11 is 0. The maximum atomic E-state index is 13.9. The molecule has 3 aromatic carbocycles. The van der Waals surface area contributed by atoms with Crippen molar-refractivity contribution in [2.45, 2.75) is 52.1 Å². The molecule has 1 fully saturated rings. The molecule has 1 aliphatic heterocycles. The summed E-state index contributed by atoms with van der Waals surface area (Å²) in [6.07, 6.45) is 4.21. The fourth-order valence-corrected chi connectivity index (χ4v) is 6.58. The van der Waals surface area contributed by atoms with Crippen molar-refractivity contribution >= 4 is 35.0 Å². The first-order valence-electron chi connectivity index (χ1n) is 15.1. The molecule has 5 rings (SSSR count). The molecule has 1 heterocycles. The summed E-state index contributed by atoms with van der Waals surface area (Å²) < 4.78 is 0. The van der Waals surface area contributed by atoms with E-state index in [-0.39, 0.29) is 24.2 Å². The number of allylic oxidation sites excluding steroid dienone is 2. The molecule has 43 heavy (non-hydrogen) atoms. The number of hydrogen-bond acceptors (Lipinski definition) is 6. The number of carbonyl (C=O) groups excluding carboxylic acids is 2. The van der Waals surface area contributed by atoms with Gasteiger partial charge in [0.1, 0.15) is 5.75 Å². The highest BCUT2D eigenvalue weighted by Crippen LogP contribution is 2.48. The maximum Gasteiger partial charge on any atom is 0.238 e. The van der Waals surface area contributed by atoms with Gasteiger partial charge in [-0.05, 0) is 92.3 Å². The third kappa shape index (κ3) is 6.58. The number of para-hydroxylation sites is 1. The van der Waals surface area contributed by atoms with E-state index < -0.39 is 23.9 Å². The minimum atomic E-state index is -0.830. The van der Waals surface area contributed by atoms with E-state index in [2.05, 4.69) is 12.2 Å². The highest BCUT2D eigenvalue weighted by molar-refractivity contribution is 6.22. The minimum absolute atomic E-state index is 0.210. The van der Waals surface area contributed by atoms with E-state index >= 15 is 0 Å². The number of carbonyl (C=O) groups is 2. The van der Waals surface area contributed by atoms with Crippen LogP contribution in [0.4, 0.5) is 17.1 Å². The van der Waals surface area contributed by atoms with Crippen molar-refractivity contribution < 1.29 is 24.9 Å². The summed E-state index contributed by atoms with van der Waals surface area (Å²) in [5.74, 6) is -2.23. The predicted octanol–water partition coefficient (Wildman–Crippen LogP) is 6.59. The number of anilines is 3. The maximum absolute atomic E-state index is 13.9. The fourth-order valence-electron chi connectivity index (χ4n) is 6.58. The number of rotatable bonds is 11. The van der Waals surface area contributed by atoms with Gasteiger partial charge in [-0.1, -0.05) is 60.9 Å². The van der Waals surface area contributed by atoms with Gasteiger partial charge in [-0.25, -0.2) is 0 Å². The first kappa shape index (κ1) is 30.3. The monoisotopic (exact) mass is 580 g/mol. The second kappa shape index (κ2) is 13.4. The zero-order valence-corrected chi connectivity index (χ0v) is 24.7. The Hall–Kier alpha value is -4.20. The molecule has 1 saturated heterocycles. The Balaban J connectivity index is 1.34. The van der Waals surface area contributed by atoms with Crippen LogP contribution in [0.2, 0.25) is 0 Å². The third-order valence-electron chi connectivity index (χ3n) is 8.60. The van der Waals surface area contributed by atoms with E-state index in [1.807, 2.05) is 67.6 Å². The Labute approximate surface area is 253 Å². The van der Waals surface area contributed by atoms with Crippen LogP contribution in [0, 0.1) is 17.8 Å². The highest BCUT2D eigenvalue weighted by atomic mass is 16.3. The summed E-state index contributed by atoms with van der Waals surface area (Å²) in [5.41, 5.74) is 6.03. The van der Waals surface area contributed by atoms with E-state index in [0.29, 0.717) is 31.4 Å². The van der Waals surface area contributed by atoms with Crippen molar-refractivity contribution in [1.82, 2.24) is 0 Å². The molecule has 4 atom stereocenters. The molecule has 0 spiro atoms. The van der Waals surface area contributed by atoms with E-state index in [1.165, 1.54) is 4.90 Å². The van der Waals surface area contributed by atoms with Crippen molar-refractivity contribution in [2.24, 2.45) is 17.8 Å². The lowest BCUT2D eigenvalue weighted by molar-refractivity contribution is -0.123. The first-order valence-corrected chi connectivity index (χ1v) is 15.1. The fraction of sp³-hybridized carbons (Fsp3) is 0.333. The molecule has 224 valence electrons. The molecule has 0 saturated carbocycles.